The van der Waals surface area contributed by atoms with Crippen molar-refractivity contribution in [1.29, 1.82) is 0 Å². The molecule has 1 aromatic carbocycles. The van der Waals surface area contributed by atoms with Gasteiger partial charge in [-0.05, 0) is 25.0 Å². The van der Waals surface area contributed by atoms with E-state index in [4.69, 9.17) is 0 Å². The Kier molecular flexibility index (Phi) is 3.44. The summed E-state index contributed by atoms with van der Waals surface area (Å²) in [6.45, 7) is 0. The van der Waals surface area contributed by atoms with Gasteiger partial charge in [0.05, 0.1) is 0 Å². The molecule has 0 unspecified atom stereocenters. The Morgan fingerprint density at radius 2 is 1.50 bits per heavy atom. The van der Waals surface area contributed by atoms with E-state index in [2.05, 4.69) is 35.6 Å². The standard InChI is InChI=1S/C13H19N/c1-2-5-9-12(8-4-1)14-13-10-6-3-7-11-13/h3,6-7,10-12,14H,1-2,4-5,8-9H2. The molecular formula is C13H19N. The molecule has 1 aliphatic rings. The van der Waals surface area contributed by atoms with Gasteiger partial charge in [-0.1, -0.05) is 43.9 Å². The Morgan fingerprint density at radius 1 is 0.857 bits per heavy atom. The van der Waals surface area contributed by atoms with E-state index in [1.165, 1.54) is 44.2 Å². The lowest BCUT2D eigenvalue weighted by molar-refractivity contribution is 0.620. The predicted octanol–water partition coefficient (Wildman–Crippen LogP) is 3.82. The summed E-state index contributed by atoms with van der Waals surface area (Å²) in [4.78, 5) is 0. The van der Waals surface area contributed by atoms with Crippen molar-refractivity contribution in [2.24, 2.45) is 0 Å². The van der Waals surface area contributed by atoms with E-state index in [1.54, 1.807) is 0 Å². The van der Waals surface area contributed by atoms with Crippen LogP contribution in [0.25, 0.3) is 0 Å². The number of para-hydroxylation sites is 1. The normalized spacial score (nSPS) is 18.9. The second kappa shape index (κ2) is 5.04. The summed E-state index contributed by atoms with van der Waals surface area (Å²) in [5.41, 5.74) is 1.28. The average molecular weight is 189 g/mol. The minimum atomic E-state index is 0.708. The Bertz CT molecular complexity index is 247. The predicted molar refractivity (Wildman–Crippen MR) is 61.6 cm³/mol. The monoisotopic (exact) mass is 189 g/mol. The van der Waals surface area contributed by atoms with E-state index >= 15 is 0 Å². The summed E-state index contributed by atoms with van der Waals surface area (Å²) in [5.74, 6) is 0. The second-order valence-corrected chi connectivity index (χ2v) is 4.20. The molecule has 0 aliphatic heterocycles. The topological polar surface area (TPSA) is 12.0 Å². The van der Waals surface area contributed by atoms with Gasteiger partial charge in [-0.25, -0.2) is 0 Å². The quantitative estimate of drug-likeness (QED) is 0.697. The molecule has 0 bridgehead atoms. The van der Waals surface area contributed by atoms with Crippen LogP contribution in [0.4, 0.5) is 5.69 Å². The molecule has 1 aromatic rings. The van der Waals surface area contributed by atoms with Gasteiger partial charge >= 0.3 is 0 Å². The second-order valence-electron chi connectivity index (χ2n) is 4.20. The van der Waals surface area contributed by atoms with Crippen molar-refractivity contribution in [2.75, 3.05) is 5.32 Å². The highest BCUT2D eigenvalue weighted by molar-refractivity contribution is 5.43. The van der Waals surface area contributed by atoms with Gasteiger partial charge in [0.25, 0.3) is 0 Å². The first-order valence-corrected chi connectivity index (χ1v) is 5.77. The first-order valence-electron chi connectivity index (χ1n) is 5.77. The third-order valence-electron chi connectivity index (χ3n) is 3.00. The summed E-state index contributed by atoms with van der Waals surface area (Å²) in [6.07, 6.45) is 8.32. The van der Waals surface area contributed by atoms with Gasteiger partial charge < -0.3 is 5.32 Å². The molecule has 0 heterocycles. The summed E-state index contributed by atoms with van der Waals surface area (Å²) >= 11 is 0. The molecule has 1 N–H and O–H groups in total. The third kappa shape index (κ3) is 2.76. The summed E-state index contributed by atoms with van der Waals surface area (Å²) < 4.78 is 0. The smallest absolute Gasteiger partial charge is 0.0342 e. The maximum Gasteiger partial charge on any atom is 0.0342 e. The lowest BCUT2D eigenvalue weighted by Crippen LogP contribution is -2.17. The molecule has 1 saturated carbocycles. The Balaban J connectivity index is 1.90. The number of rotatable bonds is 2. The van der Waals surface area contributed by atoms with Crippen molar-refractivity contribution in [3.8, 4) is 0 Å². The highest BCUT2D eigenvalue weighted by Crippen LogP contribution is 2.20. The lowest BCUT2D eigenvalue weighted by atomic mass is 10.1. The van der Waals surface area contributed by atoms with E-state index in [-0.39, 0.29) is 0 Å². The van der Waals surface area contributed by atoms with Gasteiger partial charge in [-0.15, -0.1) is 0 Å². The Morgan fingerprint density at radius 3 is 2.14 bits per heavy atom. The minimum absolute atomic E-state index is 0.708. The highest BCUT2D eigenvalue weighted by atomic mass is 14.9. The molecule has 0 spiro atoms. The summed E-state index contributed by atoms with van der Waals surface area (Å²) in [5, 5.41) is 3.62. The third-order valence-corrected chi connectivity index (χ3v) is 3.00. The van der Waals surface area contributed by atoms with Crippen LogP contribution in [0.3, 0.4) is 0 Å². The van der Waals surface area contributed by atoms with Crippen LogP contribution in [0.15, 0.2) is 30.3 Å². The molecule has 0 radical (unpaired) electrons. The maximum absolute atomic E-state index is 3.62. The van der Waals surface area contributed by atoms with E-state index in [9.17, 15) is 0 Å². The Labute approximate surface area is 86.5 Å². The van der Waals surface area contributed by atoms with E-state index in [0.717, 1.165) is 0 Å². The summed E-state index contributed by atoms with van der Waals surface area (Å²) in [6, 6.07) is 11.3. The first-order chi connectivity index (χ1) is 6.95. The molecule has 2 rings (SSSR count). The SMILES string of the molecule is c1ccc(NC2CCCCCC2)cc1. The van der Waals surface area contributed by atoms with Crippen molar-refractivity contribution in [2.45, 2.75) is 44.6 Å². The van der Waals surface area contributed by atoms with Crippen LogP contribution in [0, 0.1) is 0 Å². The van der Waals surface area contributed by atoms with Crippen LogP contribution in [0.5, 0.6) is 0 Å². The van der Waals surface area contributed by atoms with Crippen molar-refractivity contribution in [3.05, 3.63) is 30.3 Å². The van der Waals surface area contributed by atoms with Crippen LogP contribution < -0.4 is 5.32 Å². The van der Waals surface area contributed by atoms with Gasteiger partial charge in [0.2, 0.25) is 0 Å². The van der Waals surface area contributed by atoms with E-state index in [0.29, 0.717) is 6.04 Å². The average Bonchev–Trinajstić information content (AvgIpc) is 2.48. The largest absolute Gasteiger partial charge is 0.382 e. The van der Waals surface area contributed by atoms with Gasteiger partial charge in [0.15, 0.2) is 0 Å². The molecule has 1 fully saturated rings. The molecule has 1 heteroatoms. The minimum Gasteiger partial charge on any atom is -0.382 e. The van der Waals surface area contributed by atoms with Crippen molar-refractivity contribution >= 4 is 5.69 Å². The molecule has 76 valence electrons. The molecule has 0 atom stereocenters. The molecule has 0 saturated heterocycles. The van der Waals surface area contributed by atoms with Gasteiger partial charge in [0, 0.05) is 11.7 Å². The van der Waals surface area contributed by atoms with Gasteiger partial charge in [-0.3, -0.25) is 0 Å². The van der Waals surface area contributed by atoms with Gasteiger partial charge in [-0.2, -0.15) is 0 Å². The van der Waals surface area contributed by atoms with Crippen LogP contribution in [-0.2, 0) is 0 Å². The van der Waals surface area contributed by atoms with Crippen molar-refractivity contribution in [1.82, 2.24) is 0 Å². The summed E-state index contributed by atoms with van der Waals surface area (Å²) in [7, 11) is 0. The lowest BCUT2D eigenvalue weighted by Gasteiger charge is -2.17. The number of nitrogens with one attached hydrogen (secondary N) is 1. The zero-order chi connectivity index (χ0) is 9.64. The number of anilines is 1. The molecule has 1 nitrogen and oxygen atoms in total. The van der Waals surface area contributed by atoms with E-state index in [1.807, 2.05) is 0 Å². The molecule has 1 aliphatic carbocycles. The van der Waals surface area contributed by atoms with Crippen molar-refractivity contribution < 1.29 is 0 Å². The van der Waals surface area contributed by atoms with Gasteiger partial charge in [0.1, 0.15) is 0 Å². The number of benzene rings is 1. The highest BCUT2D eigenvalue weighted by Gasteiger charge is 2.10. The molecule has 0 amide bonds. The first kappa shape index (κ1) is 9.57. The Hall–Kier alpha value is -0.980. The fourth-order valence-corrected chi connectivity index (χ4v) is 2.19. The molecule has 0 aromatic heterocycles. The van der Waals surface area contributed by atoms with E-state index < -0.39 is 0 Å². The fourth-order valence-electron chi connectivity index (χ4n) is 2.19. The van der Waals surface area contributed by atoms with Crippen LogP contribution in [0.2, 0.25) is 0 Å². The number of hydrogen-bond donors (Lipinski definition) is 1. The van der Waals surface area contributed by atoms with Crippen molar-refractivity contribution in [3.63, 3.8) is 0 Å². The zero-order valence-corrected chi connectivity index (χ0v) is 8.71. The van der Waals surface area contributed by atoms with Crippen LogP contribution in [0.1, 0.15) is 38.5 Å². The fraction of sp³-hybridized carbons (Fsp3) is 0.538. The molecular weight excluding hydrogens is 170 g/mol. The molecule has 14 heavy (non-hydrogen) atoms. The van der Waals surface area contributed by atoms with Crippen LogP contribution >= 0.6 is 0 Å². The number of hydrogen-bond acceptors (Lipinski definition) is 1. The van der Waals surface area contributed by atoms with Crippen LogP contribution in [-0.4, -0.2) is 6.04 Å². The zero-order valence-electron chi connectivity index (χ0n) is 8.71. The maximum atomic E-state index is 3.62.